The molecule has 0 saturated carbocycles. The van der Waals surface area contributed by atoms with Gasteiger partial charge < -0.3 is 15.8 Å². The van der Waals surface area contributed by atoms with E-state index in [4.69, 9.17) is 10.5 Å². The van der Waals surface area contributed by atoms with E-state index in [1.54, 1.807) is 6.20 Å². The molecule has 1 heterocycles. The van der Waals surface area contributed by atoms with Gasteiger partial charge in [0.1, 0.15) is 6.61 Å². The molecule has 3 N–H and O–H groups in total. The van der Waals surface area contributed by atoms with Crippen LogP contribution in [0.5, 0.6) is 5.75 Å². The first kappa shape index (κ1) is 17.2. The average molecular weight is 293 g/mol. The maximum absolute atomic E-state index is 5.83. The van der Waals surface area contributed by atoms with Crippen LogP contribution in [0.15, 0.2) is 11.2 Å². The molecule has 0 amide bonds. The Bertz CT molecular complexity index is 436. The normalized spacial score (nSPS) is 12.5. The summed E-state index contributed by atoms with van der Waals surface area (Å²) in [5.41, 5.74) is 5.64. The number of hydrogen-bond acceptors (Lipinski definition) is 6. The molecule has 0 radical (unpaired) electrons. The van der Waals surface area contributed by atoms with Gasteiger partial charge >= 0.3 is 0 Å². The van der Waals surface area contributed by atoms with E-state index < -0.39 is 0 Å². The fourth-order valence-corrected chi connectivity index (χ4v) is 1.93. The SMILES string of the molecule is C/C=N\C(CCC)COc1cnc(N)nc1NCCCC. The Hall–Kier alpha value is -1.85. The fourth-order valence-electron chi connectivity index (χ4n) is 1.93. The molecule has 0 aromatic carbocycles. The van der Waals surface area contributed by atoms with Crippen LogP contribution < -0.4 is 15.8 Å². The molecule has 21 heavy (non-hydrogen) atoms. The van der Waals surface area contributed by atoms with Crippen LogP contribution in [0.2, 0.25) is 0 Å². The van der Waals surface area contributed by atoms with Gasteiger partial charge in [0.2, 0.25) is 5.95 Å². The van der Waals surface area contributed by atoms with Crippen LogP contribution in [0, 0.1) is 0 Å². The molecule has 0 fully saturated rings. The van der Waals surface area contributed by atoms with Gasteiger partial charge in [0.25, 0.3) is 0 Å². The molecule has 6 nitrogen and oxygen atoms in total. The number of aliphatic imine (C=N–C) groups is 1. The van der Waals surface area contributed by atoms with Crippen molar-refractivity contribution in [3.05, 3.63) is 6.20 Å². The van der Waals surface area contributed by atoms with Crippen molar-refractivity contribution in [3.8, 4) is 5.75 Å². The van der Waals surface area contributed by atoms with E-state index in [1.807, 2.05) is 13.1 Å². The number of hydrogen-bond donors (Lipinski definition) is 2. The summed E-state index contributed by atoms with van der Waals surface area (Å²) in [5, 5.41) is 3.25. The third-order valence-corrected chi connectivity index (χ3v) is 3.01. The highest BCUT2D eigenvalue weighted by molar-refractivity contribution is 5.53. The Balaban J connectivity index is 2.67. The molecule has 1 rings (SSSR count). The highest BCUT2D eigenvalue weighted by Crippen LogP contribution is 2.22. The zero-order valence-corrected chi connectivity index (χ0v) is 13.3. The summed E-state index contributed by atoms with van der Waals surface area (Å²) < 4.78 is 5.83. The summed E-state index contributed by atoms with van der Waals surface area (Å²) >= 11 is 0. The van der Waals surface area contributed by atoms with Gasteiger partial charge in [-0.1, -0.05) is 26.7 Å². The van der Waals surface area contributed by atoms with E-state index in [0.717, 1.165) is 32.2 Å². The third kappa shape index (κ3) is 6.42. The monoisotopic (exact) mass is 293 g/mol. The molecule has 0 aliphatic rings. The standard InChI is InChI=1S/C15H27N5O/c1-4-7-9-18-14-13(10-19-15(16)20-14)21-11-12(8-5-2)17-6-3/h6,10,12H,4-5,7-9,11H2,1-3H3,(H3,16,18,19,20)/b17-6-. The van der Waals surface area contributed by atoms with Crippen molar-refractivity contribution in [2.45, 2.75) is 52.5 Å². The van der Waals surface area contributed by atoms with Crippen LogP contribution in [-0.2, 0) is 0 Å². The van der Waals surface area contributed by atoms with E-state index >= 15 is 0 Å². The quantitative estimate of drug-likeness (QED) is 0.512. The second-order valence-corrected chi connectivity index (χ2v) is 4.88. The third-order valence-electron chi connectivity index (χ3n) is 3.01. The molecule has 118 valence electrons. The number of nitrogen functional groups attached to an aromatic ring is 1. The van der Waals surface area contributed by atoms with Gasteiger partial charge in [-0.2, -0.15) is 4.98 Å². The summed E-state index contributed by atoms with van der Waals surface area (Å²) in [7, 11) is 0. The predicted molar refractivity (Wildman–Crippen MR) is 88.2 cm³/mol. The lowest BCUT2D eigenvalue weighted by Crippen LogP contribution is -2.17. The van der Waals surface area contributed by atoms with E-state index in [0.29, 0.717) is 18.2 Å². The molecule has 1 aromatic rings. The lowest BCUT2D eigenvalue weighted by molar-refractivity contribution is 0.282. The molecular weight excluding hydrogens is 266 g/mol. The molecule has 6 heteroatoms. The first-order valence-electron chi connectivity index (χ1n) is 7.68. The minimum Gasteiger partial charge on any atom is -0.486 e. The Labute approximate surface area is 127 Å². The Morgan fingerprint density at radius 1 is 1.43 bits per heavy atom. The number of nitrogens with zero attached hydrogens (tertiary/aromatic N) is 3. The summed E-state index contributed by atoms with van der Waals surface area (Å²) in [6, 6.07) is 0.168. The predicted octanol–water partition coefficient (Wildman–Crippen LogP) is 2.91. The number of ether oxygens (including phenoxy) is 1. The smallest absolute Gasteiger partial charge is 0.222 e. The largest absolute Gasteiger partial charge is 0.486 e. The molecule has 0 aliphatic heterocycles. The van der Waals surface area contributed by atoms with E-state index in [9.17, 15) is 0 Å². The number of aromatic nitrogens is 2. The van der Waals surface area contributed by atoms with Gasteiger partial charge in [-0.3, -0.25) is 4.99 Å². The van der Waals surface area contributed by atoms with Crippen LogP contribution in [0.25, 0.3) is 0 Å². The summed E-state index contributed by atoms with van der Waals surface area (Å²) in [4.78, 5) is 12.6. The van der Waals surface area contributed by atoms with Crippen molar-refractivity contribution in [1.82, 2.24) is 9.97 Å². The number of nitrogens with two attached hydrogens (primary N) is 1. The van der Waals surface area contributed by atoms with Gasteiger partial charge in [0.05, 0.1) is 12.2 Å². The van der Waals surface area contributed by atoms with E-state index in [-0.39, 0.29) is 12.0 Å². The molecule has 1 aromatic heterocycles. The van der Waals surface area contributed by atoms with E-state index in [2.05, 4.69) is 34.1 Å². The average Bonchev–Trinajstić information content (AvgIpc) is 2.47. The van der Waals surface area contributed by atoms with Crippen LogP contribution in [0.3, 0.4) is 0 Å². The van der Waals surface area contributed by atoms with Crippen molar-refractivity contribution in [2.75, 3.05) is 24.2 Å². The maximum Gasteiger partial charge on any atom is 0.222 e. The second-order valence-electron chi connectivity index (χ2n) is 4.88. The van der Waals surface area contributed by atoms with Gasteiger partial charge in [0, 0.05) is 6.54 Å². The summed E-state index contributed by atoms with van der Waals surface area (Å²) in [6.45, 7) is 7.57. The Morgan fingerprint density at radius 3 is 2.90 bits per heavy atom. The van der Waals surface area contributed by atoms with Gasteiger partial charge in [-0.05, 0) is 26.0 Å². The fraction of sp³-hybridized carbons (Fsp3) is 0.667. The molecule has 0 aliphatic carbocycles. The van der Waals surface area contributed by atoms with Crippen LogP contribution in [0.1, 0.15) is 46.5 Å². The highest BCUT2D eigenvalue weighted by Gasteiger charge is 2.10. The Morgan fingerprint density at radius 2 is 2.24 bits per heavy atom. The number of anilines is 2. The van der Waals surface area contributed by atoms with Crippen LogP contribution in [-0.4, -0.2) is 35.4 Å². The number of unbranched alkanes of at least 4 members (excludes halogenated alkanes) is 1. The Kier molecular flexibility index (Phi) is 8.16. The second kappa shape index (κ2) is 9.96. The van der Waals surface area contributed by atoms with Gasteiger partial charge in [0.15, 0.2) is 11.6 Å². The molecular formula is C15H27N5O. The molecule has 1 atom stereocenters. The number of rotatable bonds is 10. The van der Waals surface area contributed by atoms with Crippen LogP contribution in [0.4, 0.5) is 11.8 Å². The lowest BCUT2D eigenvalue weighted by atomic mass is 10.2. The van der Waals surface area contributed by atoms with Gasteiger partial charge in [-0.25, -0.2) is 4.98 Å². The van der Waals surface area contributed by atoms with Crippen molar-refractivity contribution >= 4 is 18.0 Å². The zero-order valence-electron chi connectivity index (χ0n) is 13.3. The molecule has 1 unspecified atom stereocenters. The summed E-state index contributed by atoms with van der Waals surface area (Å²) in [5.74, 6) is 1.54. The van der Waals surface area contributed by atoms with Crippen molar-refractivity contribution < 1.29 is 4.74 Å². The van der Waals surface area contributed by atoms with Crippen molar-refractivity contribution in [2.24, 2.45) is 4.99 Å². The first-order valence-corrected chi connectivity index (χ1v) is 7.68. The topological polar surface area (TPSA) is 85.4 Å². The molecule has 0 spiro atoms. The van der Waals surface area contributed by atoms with E-state index in [1.165, 1.54) is 0 Å². The lowest BCUT2D eigenvalue weighted by Gasteiger charge is -2.15. The van der Waals surface area contributed by atoms with Crippen LogP contribution >= 0.6 is 0 Å². The van der Waals surface area contributed by atoms with Crippen molar-refractivity contribution in [1.29, 1.82) is 0 Å². The number of nitrogens with one attached hydrogen (secondary N) is 1. The zero-order chi connectivity index (χ0) is 15.5. The molecule has 0 saturated heterocycles. The highest BCUT2D eigenvalue weighted by atomic mass is 16.5. The minimum absolute atomic E-state index is 0.168. The first-order chi connectivity index (χ1) is 10.2. The molecule has 0 bridgehead atoms. The maximum atomic E-state index is 5.83. The minimum atomic E-state index is 0.168. The van der Waals surface area contributed by atoms with Crippen molar-refractivity contribution in [3.63, 3.8) is 0 Å². The van der Waals surface area contributed by atoms with Gasteiger partial charge in [-0.15, -0.1) is 0 Å². The summed E-state index contributed by atoms with van der Waals surface area (Å²) in [6.07, 6.45) is 7.71.